The maximum absolute atomic E-state index is 13.2. The lowest BCUT2D eigenvalue weighted by Crippen LogP contribution is -2.13. The third-order valence-corrected chi connectivity index (χ3v) is 3.75. The van der Waals surface area contributed by atoms with Gasteiger partial charge in [0.2, 0.25) is 0 Å². The maximum Gasteiger partial charge on any atom is 0.280 e. The van der Waals surface area contributed by atoms with E-state index in [1.807, 2.05) is 0 Å². The molecule has 1 aromatic carbocycles. The smallest absolute Gasteiger partial charge is 0.280 e. The third-order valence-electron chi connectivity index (χ3n) is 3.75. The van der Waals surface area contributed by atoms with E-state index < -0.39 is 40.8 Å². The first-order chi connectivity index (χ1) is 13.7. The molecule has 9 nitrogen and oxygen atoms in total. The number of nitro benzene ring substituents is 1. The van der Waals surface area contributed by atoms with Gasteiger partial charge in [-0.2, -0.15) is 5.10 Å². The van der Waals surface area contributed by atoms with Gasteiger partial charge in [-0.15, -0.1) is 0 Å². The lowest BCUT2D eigenvalue weighted by Gasteiger charge is -2.06. The van der Waals surface area contributed by atoms with Crippen molar-refractivity contribution in [2.24, 2.45) is 0 Å². The van der Waals surface area contributed by atoms with E-state index in [1.54, 1.807) is 0 Å². The van der Waals surface area contributed by atoms with Crippen LogP contribution in [0.15, 0.2) is 30.3 Å². The van der Waals surface area contributed by atoms with Crippen LogP contribution >= 0.6 is 0 Å². The zero-order valence-electron chi connectivity index (χ0n) is 14.5. The summed E-state index contributed by atoms with van der Waals surface area (Å²) in [5.74, 6) is -0.829. The molecule has 0 bridgehead atoms. The fourth-order valence-corrected chi connectivity index (χ4v) is 2.47. The number of carbonyl (C=O) groups excluding carboxylic acids is 1. The summed E-state index contributed by atoms with van der Waals surface area (Å²) in [6.45, 7) is 0. The average molecular weight is 413 g/mol. The van der Waals surface area contributed by atoms with E-state index in [9.17, 15) is 32.5 Å². The fraction of sp³-hybridized carbons (Fsp3) is 0.188. The van der Waals surface area contributed by atoms with Crippen molar-refractivity contribution in [1.82, 2.24) is 14.6 Å². The molecule has 0 aliphatic carbocycles. The highest BCUT2D eigenvalue weighted by molar-refractivity contribution is 6.03. The maximum atomic E-state index is 13.2. The highest BCUT2D eigenvalue weighted by Gasteiger charge is 2.22. The predicted molar refractivity (Wildman–Crippen MR) is 90.5 cm³/mol. The first-order valence-electron chi connectivity index (χ1n) is 7.81. The van der Waals surface area contributed by atoms with E-state index in [4.69, 9.17) is 4.74 Å². The number of hydrogen-bond donors (Lipinski definition) is 1. The third kappa shape index (κ3) is 4.07. The Morgan fingerprint density at radius 1 is 1.17 bits per heavy atom. The summed E-state index contributed by atoms with van der Waals surface area (Å²) >= 11 is 0. The van der Waals surface area contributed by atoms with Crippen LogP contribution in [-0.2, 0) is 0 Å². The summed E-state index contributed by atoms with van der Waals surface area (Å²) in [5.41, 5.74) is -2.91. The summed E-state index contributed by atoms with van der Waals surface area (Å²) in [5, 5.41) is 17.0. The fourth-order valence-electron chi connectivity index (χ4n) is 2.47. The number of hydrogen-bond acceptors (Lipinski definition) is 6. The number of nitro groups is 1. The Bertz CT molecular complexity index is 1100. The number of methoxy groups -OCH3 is 1. The van der Waals surface area contributed by atoms with Gasteiger partial charge in [0.05, 0.1) is 23.8 Å². The molecule has 152 valence electrons. The largest absolute Gasteiger partial charge is 0.496 e. The van der Waals surface area contributed by atoms with Crippen molar-refractivity contribution >= 4 is 22.9 Å². The van der Waals surface area contributed by atoms with Gasteiger partial charge in [0.25, 0.3) is 24.4 Å². The summed E-state index contributed by atoms with van der Waals surface area (Å²) in [6, 6.07) is 4.92. The number of aromatic nitrogens is 3. The lowest BCUT2D eigenvalue weighted by atomic mass is 10.2. The van der Waals surface area contributed by atoms with Crippen LogP contribution < -0.4 is 10.1 Å². The van der Waals surface area contributed by atoms with Crippen LogP contribution in [0.2, 0.25) is 0 Å². The quantitative estimate of drug-likeness (QED) is 0.374. The first kappa shape index (κ1) is 20.0. The lowest BCUT2D eigenvalue weighted by molar-refractivity contribution is -0.384. The molecule has 0 unspecified atom stereocenters. The Morgan fingerprint density at radius 2 is 1.90 bits per heavy atom. The van der Waals surface area contributed by atoms with Crippen LogP contribution in [0.5, 0.6) is 5.75 Å². The van der Waals surface area contributed by atoms with Gasteiger partial charge in [0.15, 0.2) is 11.3 Å². The molecule has 0 spiro atoms. The van der Waals surface area contributed by atoms with Crippen LogP contribution in [0.4, 0.5) is 28.9 Å². The number of rotatable bonds is 6. The van der Waals surface area contributed by atoms with Crippen molar-refractivity contribution in [3.05, 3.63) is 57.5 Å². The second kappa shape index (κ2) is 7.69. The van der Waals surface area contributed by atoms with E-state index in [0.29, 0.717) is 10.6 Å². The summed E-state index contributed by atoms with van der Waals surface area (Å²) in [7, 11) is 1.27. The van der Waals surface area contributed by atoms with Gasteiger partial charge in [0, 0.05) is 18.2 Å². The molecule has 1 amide bonds. The van der Waals surface area contributed by atoms with E-state index in [-0.39, 0.29) is 22.8 Å². The number of carbonyl (C=O) groups is 1. The van der Waals surface area contributed by atoms with Gasteiger partial charge in [-0.3, -0.25) is 14.9 Å². The number of nitrogens with one attached hydrogen (secondary N) is 1. The van der Waals surface area contributed by atoms with Crippen LogP contribution in [0, 0.1) is 10.1 Å². The molecule has 0 atom stereocenters. The van der Waals surface area contributed by atoms with E-state index >= 15 is 0 Å². The Hall–Kier alpha value is -3.77. The topological polar surface area (TPSA) is 112 Å². The van der Waals surface area contributed by atoms with E-state index in [1.165, 1.54) is 13.2 Å². The highest BCUT2D eigenvalue weighted by atomic mass is 19.3. The van der Waals surface area contributed by atoms with Crippen LogP contribution in [0.1, 0.15) is 34.7 Å². The Morgan fingerprint density at radius 3 is 2.48 bits per heavy atom. The van der Waals surface area contributed by atoms with Gasteiger partial charge < -0.3 is 10.1 Å². The minimum Gasteiger partial charge on any atom is -0.496 e. The Labute approximate surface area is 159 Å². The molecule has 0 aliphatic rings. The molecule has 0 saturated carbocycles. The number of alkyl halides is 4. The number of ether oxygens (including phenoxy) is 1. The molecule has 0 saturated heterocycles. The standard InChI is InChI=1S/C16H11F4N5O4/c1-29-9-3-7(2-8(4-9)25(27)28)21-16(26)11-6-13-22-10(14(17)18)5-12(15(19)20)24(13)23-11/h2-6,14-15H,1H3,(H,21,26). The van der Waals surface area contributed by atoms with Crippen molar-refractivity contribution in [2.45, 2.75) is 12.9 Å². The molecule has 2 heterocycles. The molecular weight excluding hydrogens is 402 g/mol. The Kier molecular flexibility index (Phi) is 5.30. The van der Waals surface area contributed by atoms with Crippen molar-refractivity contribution in [3.63, 3.8) is 0 Å². The molecule has 0 aliphatic heterocycles. The molecule has 0 radical (unpaired) electrons. The van der Waals surface area contributed by atoms with E-state index in [2.05, 4.69) is 15.4 Å². The van der Waals surface area contributed by atoms with Crippen LogP contribution in [0.3, 0.4) is 0 Å². The number of benzene rings is 1. The summed E-state index contributed by atoms with van der Waals surface area (Å²) < 4.78 is 57.6. The minimum absolute atomic E-state index is 0.0200. The molecule has 1 N–H and O–H groups in total. The second-order valence-corrected chi connectivity index (χ2v) is 5.64. The number of fused-ring (bicyclic) bond motifs is 1. The average Bonchev–Trinajstić information content (AvgIpc) is 3.10. The predicted octanol–water partition coefficient (Wildman–Crippen LogP) is 3.77. The molecule has 3 aromatic rings. The van der Waals surface area contributed by atoms with Gasteiger partial charge in [-0.25, -0.2) is 27.1 Å². The number of nitrogens with zero attached hydrogens (tertiary/aromatic N) is 4. The minimum atomic E-state index is -3.14. The number of halogens is 4. The molecule has 29 heavy (non-hydrogen) atoms. The highest BCUT2D eigenvalue weighted by Crippen LogP contribution is 2.27. The van der Waals surface area contributed by atoms with Gasteiger partial charge in [-0.05, 0) is 6.07 Å². The molecule has 3 rings (SSSR count). The normalized spacial score (nSPS) is 11.3. The number of amides is 1. The van der Waals surface area contributed by atoms with Crippen molar-refractivity contribution in [1.29, 1.82) is 0 Å². The van der Waals surface area contributed by atoms with Crippen molar-refractivity contribution in [3.8, 4) is 5.75 Å². The van der Waals surface area contributed by atoms with Crippen LogP contribution in [0.25, 0.3) is 5.65 Å². The zero-order chi connectivity index (χ0) is 21.3. The number of non-ortho nitro benzene ring substituents is 1. The molecular formula is C16H11F4N5O4. The SMILES string of the molecule is COc1cc(NC(=O)c2cc3nc(C(F)F)cc(C(F)F)n3n2)cc([N+](=O)[O-])c1. The zero-order valence-corrected chi connectivity index (χ0v) is 14.5. The van der Waals surface area contributed by atoms with Gasteiger partial charge in [-0.1, -0.05) is 0 Å². The number of anilines is 1. The van der Waals surface area contributed by atoms with Gasteiger partial charge in [0.1, 0.15) is 17.1 Å². The van der Waals surface area contributed by atoms with E-state index in [0.717, 1.165) is 18.2 Å². The molecule has 13 heteroatoms. The van der Waals surface area contributed by atoms with Crippen molar-refractivity contribution < 1.29 is 32.0 Å². The second-order valence-electron chi connectivity index (χ2n) is 5.64. The Balaban J connectivity index is 1.99. The van der Waals surface area contributed by atoms with Crippen LogP contribution in [-0.4, -0.2) is 32.5 Å². The van der Waals surface area contributed by atoms with Crippen molar-refractivity contribution in [2.75, 3.05) is 12.4 Å². The molecule has 0 fully saturated rings. The molecule has 2 aromatic heterocycles. The van der Waals surface area contributed by atoms with Gasteiger partial charge >= 0.3 is 0 Å². The summed E-state index contributed by atoms with van der Waals surface area (Å²) in [6.07, 6.45) is -6.24. The summed E-state index contributed by atoms with van der Waals surface area (Å²) in [4.78, 5) is 26.2. The monoisotopic (exact) mass is 413 g/mol. The first-order valence-corrected chi connectivity index (χ1v) is 7.81.